The quantitative estimate of drug-likeness (QED) is 0.428. The third-order valence-corrected chi connectivity index (χ3v) is 6.56. The first-order valence-electron chi connectivity index (χ1n) is 9.78. The van der Waals surface area contributed by atoms with Crippen molar-refractivity contribution in [1.82, 2.24) is 4.90 Å². The fraction of sp³-hybridized carbons (Fsp3) is 0.364. The van der Waals surface area contributed by atoms with E-state index in [1.165, 1.54) is 30.8 Å². The second kappa shape index (κ2) is 11.2. The Balaban J connectivity index is 1.78. The highest BCUT2D eigenvalue weighted by molar-refractivity contribution is 8.00. The van der Waals surface area contributed by atoms with Crippen LogP contribution in [-0.4, -0.2) is 56.8 Å². The van der Waals surface area contributed by atoms with Crippen LogP contribution in [0.3, 0.4) is 0 Å². The Labute approximate surface area is 188 Å². The van der Waals surface area contributed by atoms with Crippen molar-refractivity contribution in [2.24, 2.45) is 0 Å². The lowest BCUT2D eigenvalue weighted by Gasteiger charge is -2.21. The Morgan fingerprint density at radius 2 is 1.84 bits per heavy atom. The second-order valence-electron chi connectivity index (χ2n) is 7.17. The third kappa shape index (κ3) is 8.26. The van der Waals surface area contributed by atoms with Gasteiger partial charge >= 0.3 is 0 Å². The number of benzene rings is 2. The molecule has 2 rings (SSSR count). The topological polar surface area (TPSA) is 92.8 Å². The number of anilines is 1. The molecule has 1 unspecified atom stereocenters. The van der Waals surface area contributed by atoms with Crippen LogP contribution in [0.15, 0.2) is 58.3 Å². The molecule has 1 atom stereocenters. The molecule has 0 aromatic heterocycles. The van der Waals surface area contributed by atoms with Gasteiger partial charge in [0.1, 0.15) is 5.75 Å². The van der Waals surface area contributed by atoms with Gasteiger partial charge in [-0.15, -0.1) is 11.8 Å². The number of nitrogens with one attached hydrogen (secondary N) is 1. The highest BCUT2D eigenvalue weighted by atomic mass is 32.2. The zero-order valence-corrected chi connectivity index (χ0v) is 19.8. The second-order valence-corrected chi connectivity index (χ2v) is 10.6. The van der Waals surface area contributed by atoms with Crippen LogP contribution in [0.2, 0.25) is 0 Å². The molecule has 0 aliphatic rings. The van der Waals surface area contributed by atoms with E-state index in [4.69, 9.17) is 4.74 Å². The van der Waals surface area contributed by atoms with Gasteiger partial charge in [0.25, 0.3) is 0 Å². The first-order valence-corrected chi connectivity index (χ1v) is 12.6. The Morgan fingerprint density at radius 1 is 1.16 bits per heavy atom. The monoisotopic (exact) mass is 464 g/mol. The summed E-state index contributed by atoms with van der Waals surface area (Å²) in [6.07, 6.45) is 1.78. The number of sulfone groups is 1. The fourth-order valence-corrected chi connectivity index (χ4v) is 4.42. The van der Waals surface area contributed by atoms with Gasteiger partial charge in [-0.3, -0.25) is 9.59 Å². The zero-order chi connectivity index (χ0) is 23.0. The standard InChI is InChI=1S/C22H28N2O5S2/c1-16(30-20-11-9-18(10-12-20)23-17(2)25)22(26)24(3)13-6-14-29-19-7-5-8-21(15-19)31(4,27)28/h5,7-12,15-16H,6,13-14H2,1-4H3,(H,23,25). The minimum absolute atomic E-state index is 0.00927. The fourth-order valence-electron chi connectivity index (χ4n) is 2.78. The Morgan fingerprint density at radius 3 is 2.45 bits per heavy atom. The summed E-state index contributed by atoms with van der Waals surface area (Å²) in [5, 5.41) is 2.45. The van der Waals surface area contributed by atoms with Gasteiger partial charge < -0.3 is 15.0 Å². The normalized spacial score (nSPS) is 12.1. The summed E-state index contributed by atoms with van der Waals surface area (Å²) in [7, 11) is -1.52. The van der Waals surface area contributed by atoms with E-state index in [9.17, 15) is 18.0 Å². The largest absolute Gasteiger partial charge is 0.493 e. The molecule has 1 N–H and O–H groups in total. The minimum Gasteiger partial charge on any atom is -0.493 e. The maximum Gasteiger partial charge on any atom is 0.235 e. The van der Waals surface area contributed by atoms with Crippen molar-refractivity contribution in [1.29, 1.82) is 0 Å². The summed E-state index contributed by atoms with van der Waals surface area (Å²) in [5.41, 5.74) is 0.718. The summed E-state index contributed by atoms with van der Waals surface area (Å²) in [6, 6.07) is 13.7. The van der Waals surface area contributed by atoms with Crippen molar-refractivity contribution in [3.05, 3.63) is 48.5 Å². The van der Waals surface area contributed by atoms with Crippen LogP contribution in [-0.2, 0) is 19.4 Å². The van der Waals surface area contributed by atoms with E-state index in [1.807, 2.05) is 19.1 Å². The molecular formula is C22H28N2O5S2. The summed E-state index contributed by atoms with van der Waals surface area (Å²) in [4.78, 5) is 26.5. The maximum absolute atomic E-state index is 12.6. The summed E-state index contributed by atoms with van der Waals surface area (Å²) < 4.78 is 28.9. The Kier molecular flexibility index (Phi) is 8.94. The number of thioether (sulfide) groups is 1. The van der Waals surface area contributed by atoms with Crippen LogP contribution in [0.5, 0.6) is 5.75 Å². The Bertz CT molecular complexity index is 1010. The molecule has 0 spiro atoms. The molecule has 2 amide bonds. The average molecular weight is 465 g/mol. The first kappa shape index (κ1) is 24.7. The van der Waals surface area contributed by atoms with E-state index in [2.05, 4.69) is 5.32 Å². The molecule has 0 bridgehead atoms. The van der Waals surface area contributed by atoms with E-state index >= 15 is 0 Å². The lowest BCUT2D eigenvalue weighted by Crippen LogP contribution is -2.34. The van der Waals surface area contributed by atoms with Crippen molar-refractivity contribution in [2.45, 2.75) is 35.3 Å². The molecule has 2 aromatic rings. The number of hydrogen-bond donors (Lipinski definition) is 1. The van der Waals surface area contributed by atoms with Crippen molar-refractivity contribution in [3.63, 3.8) is 0 Å². The molecule has 0 aliphatic heterocycles. The molecule has 2 aromatic carbocycles. The molecule has 31 heavy (non-hydrogen) atoms. The molecule has 0 aliphatic carbocycles. The number of ether oxygens (including phenoxy) is 1. The average Bonchev–Trinajstić information content (AvgIpc) is 2.71. The van der Waals surface area contributed by atoms with E-state index in [-0.39, 0.29) is 22.0 Å². The summed E-state index contributed by atoms with van der Waals surface area (Å²) >= 11 is 1.46. The van der Waals surface area contributed by atoms with Gasteiger partial charge in [0.15, 0.2) is 9.84 Å². The minimum atomic E-state index is -3.28. The lowest BCUT2D eigenvalue weighted by molar-refractivity contribution is -0.129. The maximum atomic E-state index is 12.6. The predicted molar refractivity (Wildman–Crippen MR) is 123 cm³/mol. The van der Waals surface area contributed by atoms with Gasteiger partial charge in [0.05, 0.1) is 16.8 Å². The van der Waals surface area contributed by atoms with Crippen LogP contribution < -0.4 is 10.1 Å². The lowest BCUT2D eigenvalue weighted by atomic mass is 10.3. The number of rotatable bonds is 10. The molecule has 0 fully saturated rings. The molecule has 7 nitrogen and oxygen atoms in total. The van der Waals surface area contributed by atoms with Gasteiger partial charge in [-0.05, 0) is 55.8 Å². The number of amides is 2. The van der Waals surface area contributed by atoms with Crippen molar-refractivity contribution >= 4 is 39.1 Å². The van der Waals surface area contributed by atoms with Crippen LogP contribution in [0, 0.1) is 0 Å². The molecule has 0 saturated heterocycles. The third-order valence-electron chi connectivity index (χ3n) is 4.35. The van der Waals surface area contributed by atoms with Crippen molar-refractivity contribution in [3.8, 4) is 5.75 Å². The molecule has 168 valence electrons. The number of carbonyl (C=O) groups is 2. The van der Waals surface area contributed by atoms with E-state index in [1.54, 1.807) is 36.2 Å². The van der Waals surface area contributed by atoms with Crippen molar-refractivity contribution < 1.29 is 22.7 Å². The molecule has 0 saturated carbocycles. The van der Waals surface area contributed by atoms with Crippen LogP contribution in [0.1, 0.15) is 20.3 Å². The van der Waals surface area contributed by atoms with E-state index in [0.717, 1.165) is 16.8 Å². The van der Waals surface area contributed by atoms with Gasteiger partial charge in [0.2, 0.25) is 11.8 Å². The van der Waals surface area contributed by atoms with E-state index < -0.39 is 9.84 Å². The first-order chi connectivity index (χ1) is 14.6. The van der Waals surface area contributed by atoms with Gasteiger partial charge in [-0.1, -0.05) is 6.07 Å². The summed E-state index contributed by atoms with van der Waals surface area (Å²) in [6.45, 7) is 4.21. The van der Waals surface area contributed by atoms with Gasteiger partial charge in [0, 0.05) is 37.4 Å². The molecule has 0 radical (unpaired) electrons. The SMILES string of the molecule is CC(=O)Nc1ccc(SC(C)C(=O)N(C)CCCOc2cccc(S(C)(=O)=O)c2)cc1. The van der Waals surface area contributed by atoms with Gasteiger partial charge in [-0.25, -0.2) is 8.42 Å². The van der Waals surface area contributed by atoms with E-state index in [0.29, 0.717) is 25.3 Å². The van der Waals surface area contributed by atoms with Crippen LogP contribution in [0.4, 0.5) is 5.69 Å². The molecular weight excluding hydrogens is 436 g/mol. The predicted octanol–water partition coefficient (Wildman–Crippen LogP) is 3.46. The molecule has 9 heteroatoms. The van der Waals surface area contributed by atoms with Crippen LogP contribution >= 0.6 is 11.8 Å². The number of carbonyl (C=O) groups excluding carboxylic acids is 2. The van der Waals surface area contributed by atoms with Gasteiger partial charge in [-0.2, -0.15) is 0 Å². The van der Waals surface area contributed by atoms with Crippen molar-refractivity contribution in [2.75, 3.05) is 31.8 Å². The smallest absolute Gasteiger partial charge is 0.235 e. The highest BCUT2D eigenvalue weighted by Gasteiger charge is 2.18. The van der Waals surface area contributed by atoms with Crippen LogP contribution in [0.25, 0.3) is 0 Å². The number of hydrogen-bond acceptors (Lipinski definition) is 6. The zero-order valence-electron chi connectivity index (χ0n) is 18.1. The molecule has 0 heterocycles. The summed E-state index contributed by atoms with van der Waals surface area (Å²) in [5.74, 6) is 0.371. The number of nitrogens with zero attached hydrogens (tertiary/aromatic N) is 1. The highest BCUT2D eigenvalue weighted by Crippen LogP contribution is 2.26. The Hall–Kier alpha value is -2.52.